The van der Waals surface area contributed by atoms with Gasteiger partial charge in [0.1, 0.15) is 11.6 Å². The van der Waals surface area contributed by atoms with Crippen LogP contribution in [0.3, 0.4) is 0 Å². The Labute approximate surface area is 220 Å². The number of halogens is 3. The summed E-state index contributed by atoms with van der Waals surface area (Å²) in [6, 6.07) is 4.28. The average molecular weight is 527 g/mol. The predicted octanol–water partition coefficient (Wildman–Crippen LogP) is 4.20. The van der Waals surface area contributed by atoms with Gasteiger partial charge in [0, 0.05) is 68.2 Å². The van der Waals surface area contributed by atoms with Crippen LogP contribution in [0, 0.1) is 0 Å². The van der Waals surface area contributed by atoms with Crippen LogP contribution in [-0.4, -0.2) is 82.4 Å². The Bertz CT molecular complexity index is 1290. The summed E-state index contributed by atoms with van der Waals surface area (Å²) in [4.78, 5) is 22.9. The SMILES string of the molecule is CC1CN(c2nc(-c3ccnc(NC4CCN(CC(F)(F)F)CC4)c3)nc3cncc(C4CC4)c23)CCN1. The fraction of sp³-hybridized carbons (Fsp3) is 0.556. The minimum Gasteiger partial charge on any atom is -0.367 e. The van der Waals surface area contributed by atoms with Crippen molar-refractivity contribution in [3.63, 3.8) is 0 Å². The van der Waals surface area contributed by atoms with Crippen LogP contribution < -0.4 is 15.5 Å². The van der Waals surface area contributed by atoms with Crippen molar-refractivity contribution in [2.24, 2.45) is 0 Å². The van der Waals surface area contributed by atoms with Gasteiger partial charge in [-0.3, -0.25) is 9.88 Å². The molecule has 2 aliphatic heterocycles. The predicted molar refractivity (Wildman–Crippen MR) is 141 cm³/mol. The number of anilines is 2. The Morgan fingerprint density at radius 1 is 1.08 bits per heavy atom. The van der Waals surface area contributed by atoms with Crippen LogP contribution in [0.25, 0.3) is 22.3 Å². The van der Waals surface area contributed by atoms with E-state index < -0.39 is 12.7 Å². The highest BCUT2D eigenvalue weighted by Gasteiger charge is 2.33. The van der Waals surface area contributed by atoms with E-state index in [1.165, 1.54) is 23.3 Å². The second kappa shape index (κ2) is 10.3. The van der Waals surface area contributed by atoms with Crippen molar-refractivity contribution in [2.45, 2.75) is 56.8 Å². The van der Waals surface area contributed by atoms with Crippen LogP contribution in [0.1, 0.15) is 44.1 Å². The monoisotopic (exact) mass is 526 g/mol. The summed E-state index contributed by atoms with van der Waals surface area (Å²) >= 11 is 0. The number of nitrogens with zero attached hydrogens (tertiary/aromatic N) is 6. The van der Waals surface area contributed by atoms with Crippen molar-refractivity contribution in [3.8, 4) is 11.4 Å². The molecule has 38 heavy (non-hydrogen) atoms. The second-order valence-electron chi connectivity index (χ2n) is 10.8. The first kappa shape index (κ1) is 25.2. The number of likely N-dealkylation sites (tertiary alicyclic amines) is 1. The zero-order valence-corrected chi connectivity index (χ0v) is 21.5. The molecule has 3 aliphatic rings. The highest BCUT2D eigenvalue weighted by Crippen LogP contribution is 2.45. The maximum Gasteiger partial charge on any atom is 0.401 e. The molecule has 8 nitrogen and oxygen atoms in total. The van der Waals surface area contributed by atoms with Crippen LogP contribution in [-0.2, 0) is 0 Å². The number of alkyl halides is 3. The third-order valence-corrected chi connectivity index (χ3v) is 7.66. The molecule has 11 heteroatoms. The summed E-state index contributed by atoms with van der Waals surface area (Å²) in [5.41, 5.74) is 2.94. The number of piperidine rings is 1. The molecule has 3 fully saturated rings. The van der Waals surface area contributed by atoms with Gasteiger partial charge in [0.15, 0.2) is 5.82 Å². The van der Waals surface area contributed by atoms with E-state index in [0.29, 0.717) is 49.5 Å². The van der Waals surface area contributed by atoms with Crippen molar-refractivity contribution in [1.82, 2.24) is 30.2 Å². The first-order valence-corrected chi connectivity index (χ1v) is 13.5. The number of nitrogens with one attached hydrogen (secondary N) is 2. The van der Waals surface area contributed by atoms with E-state index in [4.69, 9.17) is 9.97 Å². The molecular weight excluding hydrogens is 493 g/mol. The quantitative estimate of drug-likeness (QED) is 0.495. The number of aromatic nitrogens is 4. The molecule has 0 spiro atoms. The Kier molecular flexibility index (Phi) is 6.81. The molecule has 3 aromatic rings. The molecule has 0 amide bonds. The molecule has 0 bridgehead atoms. The summed E-state index contributed by atoms with van der Waals surface area (Å²) in [6.07, 6.45) is 5.00. The number of pyridine rings is 2. The van der Waals surface area contributed by atoms with Crippen LogP contribution in [0.5, 0.6) is 0 Å². The van der Waals surface area contributed by atoms with E-state index in [1.807, 2.05) is 24.5 Å². The summed E-state index contributed by atoms with van der Waals surface area (Å²) in [6.45, 7) is 4.80. The Balaban J connectivity index is 1.27. The topological polar surface area (TPSA) is 82.1 Å². The highest BCUT2D eigenvalue weighted by molar-refractivity contribution is 5.94. The van der Waals surface area contributed by atoms with Crippen molar-refractivity contribution in [3.05, 3.63) is 36.3 Å². The minimum absolute atomic E-state index is 0.0722. The fourth-order valence-electron chi connectivity index (χ4n) is 5.62. The van der Waals surface area contributed by atoms with Crippen molar-refractivity contribution in [1.29, 1.82) is 0 Å². The van der Waals surface area contributed by atoms with Gasteiger partial charge in [-0.1, -0.05) is 0 Å². The van der Waals surface area contributed by atoms with Gasteiger partial charge in [-0.2, -0.15) is 13.2 Å². The van der Waals surface area contributed by atoms with Gasteiger partial charge in [-0.25, -0.2) is 15.0 Å². The molecule has 1 unspecified atom stereocenters. The highest BCUT2D eigenvalue weighted by atomic mass is 19.4. The largest absolute Gasteiger partial charge is 0.401 e. The molecule has 1 atom stereocenters. The number of fused-ring (bicyclic) bond motifs is 1. The van der Waals surface area contributed by atoms with Gasteiger partial charge in [0.2, 0.25) is 0 Å². The van der Waals surface area contributed by atoms with E-state index in [9.17, 15) is 13.2 Å². The van der Waals surface area contributed by atoms with Crippen LogP contribution in [0.2, 0.25) is 0 Å². The molecule has 2 N–H and O–H groups in total. The van der Waals surface area contributed by atoms with Crippen LogP contribution in [0.4, 0.5) is 24.8 Å². The summed E-state index contributed by atoms with van der Waals surface area (Å²) < 4.78 is 38.2. The second-order valence-corrected chi connectivity index (χ2v) is 10.8. The maximum atomic E-state index is 12.7. The number of rotatable bonds is 6. The standard InChI is InChI=1S/C27H33F3N8/c1-17-15-38(11-8-32-17)26-24-21(18-2-3-18)13-31-14-22(24)35-25(36-26)19-4-7-33-23(12-19)34-20-5-9-37(10-6-20)16-27(28,29)30/h4,7,12-14,17-18,20,32H,2-3,5-6,8-11,15-16H2,1H3,(H,33,34). The summed E-state index contributed by atoms with van der Waals surface area (Å²) in [5.74, 6) is 2.80. The molecule has 1 aliphatic carbocycles. The van der Waals surface area contributed by atoms with E-state index in [1.54, 1.807) is 6.20 Å². The lowest BCUT2D eigenvalue weighted by molar-refractivity contribution is -0.147. The van der Waals surface area contributed by atoms with Crippen molar-refractivity contribution in [2.75, 3.05) is 49.5 Å². The number of hydrogen-bond donors (Lipinski definition) is 2. The zero-order valence-electron chi connectivity index (χ0n) is 21.5. The molecule has 5 heterocycles. The zero-order chi connectivity index (χ0) is 26.3. The first-order valence-electron chi connectivity index (χ1n) is 13.5. The third-order valence-electron chi connectivity index (χ3n) is 7.66. The van der Waals surface area contributed by atoms with E-state index in [2.05, 4.69) is 32.4 Å². The average Bonchev–Trinajstić information content (AvgIpc) is 3.74. The Hall–Kier alpha value is -3.05. The van der Waals surface area contributed by atoms with Crippen LogP contribution in [0.15, 0.2) is 30.7 Å². The lowest BCUT2D eigenvalue weighted by atomic mass is 10.0. The minimum atomic E-state index is -4.16. The molecule has 2 saturated heterocycles. The Morgan fingerprint density at radius 3 is 2.63 bits per heavy atom. The third kappa shape index (κ3) is 5.68. The fourth-order valence-corrected chi connectivity index (χ4v) is 5.62. The van der Waals surface area contributed by atoms with Crippen molar-refractivity contribution < 1.29 is 13.2 Å². The molecule has 3 aromatic heterocycles. The van der Waals surface area contributed by atoms with Crippen molar-refractivity contribution >= 4 is 22.5 Å². The Morgan fingerprint density at radius 2 is 1.89 bits per heavy atom. The molecule has 1 saturated carbocycles. The smallest absolute Gasteiger partial charge is 0.367 e. The van der Waals surface area contributed by atoms with E-state index >= 15 is 0 Å². The molecule has 6 rings (SSSR count). The normalized spacial score (nSPS) is 21.7. The molecule has 0 aromatic carbocycles. The summed E-state index contributed by atoms with van der Waals surface area (Å²) in [5, 5.41) is 8.04. The lowest BCUT2D eigenvalue weighted by Gasteiger charge is -2.34. The lowest BCUT2D eigenvalue weighted by Crippen LogP contribution is -2.49. The van der Waals surface area contributed by atoms with Crippen LogP contribution >= 0.6 is 0 Å². The molecular formula is C27H33F3N8. The molecule has 202 valence electrons. The van der Waals surface area contributed by atoms with Gasteiger partial charge in [0.05, 0.1) is 18.3 Å². The van der Waals surface area contributed by atoms with Gasteiger partial charge in [-0.15, -0.1) is 0 Å². The number of piperazine rings is 1. The van der Waals surface area contributed by atoms with E-state index in [0.717, 1.165) is 41.9 Å². The summed E-state index contributed by atoms with van der Waals surface area (Å²) in [7, 11) is 0. The van der Waals surface area contributed by atoms with Gasteiger partial charge in [-0.05, 0) is 56.2 Å². The van der Waals surface area contributed by atoms with Gasteiger partial charge in [0.25, 0.3) is 0 Å². The number of hydrogen-bond acceptors (Lipinski definition) is 8. The first-order chi connectivity index (χ1) is 18.3. The van der Waals surface area contributed by atoms with Gasteiger partial charge < -0.3 is 15.5 Å². The van der Waals surface area contributed by atoms with E-state index in [-0.39, 0.29) is 6.04 Å². The maximum absolute atomic E-state index is 12.7. The molecule has 0 radical (unpaired) electrons. The van der Waals surface area contributed by atoms with Gasteiger partial charge >= 0.3 is 6.18 Å².